The van der Waals surface area contributed by atoms with Gasteiger partial charge in [0, 0.05) is 32.4 Å². The van der Waals surface area contributed by atoms with Crippen LogP contribution in [-0.2, 0) is 4.79 Å². The number of hydrogen-bond donors (Lipinski definition) is 1. The quantitative estimate of drug-likeness (QED) is 0.752. The van der Waals surface area contributed by atoms with Crippen LogP contribution in [0.25, 0.3) is 0 Å². The summed E-state index contributed by atoms with van der Waals surface area (Å²) in [5, 5.41) is 3.61. The molecule has 1 aromatic rings. The summed E-state index contributed by atoms with van der Waals surface area (Å²) in [6, 6.07) is 6.08. The van der Waals surface area contributed by atoms with E-state index in [2.05, 4.69) is 61.0 Å². The predicted octanol–water partition coefficient (Wildman–Crippen LogP) is 2.73. The molecule has 0 radical (unpaired) electrons. The second-order valence-corrected chi connectivity index (χ2v) is 9.32. The number of nitrogens with one attached hydrogen (secondary N) is 1. The summed E-state index contributed by atoms with van der Waals surface area (Å²) in [6.45, 7) is 10.9. The normalized spacial score (nSPS) is 29.4. The zero-order chi connectivity index (χ0) is 21.6. The number of amides is 3. The average Bonchev–Trinajstić information content (AvgIpc) is 3.07. The Labute approximate surface area is 180 Å². The van der Waals surface area contributed by atoms with Gasteiger partial charge in [0.15, 0.2) is 0 Å². The zero-order valence-electron chi connectivity index (χ0n) is 18.9. The predicted molar refractivity (Wildman–Crippen MR) is 118 cm³/mol. The molecule has 0 bridgehead atoms. The lowest BCUT2D eigenvalue weighted by atomic mass is 10.0. The summed E-state index contributed by atoms with van der Waals surface area (Å²) in [6.07, 6.45) is 2.57. The molecule has 3 amide bonds. The number of aryl methyl sites for hydroxylation is 2. The number of imide groups is 1. The molecular weight excluding hydrogens is 378 g/mol. The number of urea groups is 1. The topological polar surface area (TPSA) is 59.1 Å². The van der Waals surface area contributed by atoms with E-state index in [9.17, 15) is 9.59 Å². The van der Waals surface area contributed by atoms with Crippen molar-refractivity contribution in [1.29, 1.82) is 0 Å². The minimum atomic E-state index is -0.338. The van der Waals surface area contributed by atoms with Gasteiger partial charge in [-0.2, -0.15) is 0 Å². The summed E-state index contributed by atoms with van der Waals surface area (Å²) in [5.74, 6) is 0.371. The molecule has 7 heteroatoms. The van der Waals surface area contributed by atoms with Crippen molar-refractivity contribution in [3.63, 3.8) is 0 Å². The van der Waals surface area contributed by atoms with E-state index in [1.165, 1.54) is 21.7 Å². The third kappa shape index (κ3) is 3.58. The van der Waals surface area contributed by atoms with E-state index in [0.717, 1.165) is 32.4 Å². The molecule has 3 aliphatic rings. The first-order valence-corrected chi connectivity index (χ1v) is 11.3. The molecule has 0 spiro atoms. The average molecular weight is 414 g/mol. The van der Waals surface area contributed by atoms with Crippen molar-refractivity contribution in [3.8, 4) is 0 Å². The van der Waals surface area contributed by atoms with Crippen LogP contribution < -0.4 is 10.2 Å². The fourth-order valence-corrected chi connectivity index (χ4v) is 5.26. The molecule has 0 aromatic heterocycles. The highest BCUT2D eigenvalue weighted by molar-refractivity contribution is 6.00. The lowest BCUT2D eigenvalue weighted by Crippen LogP contribution is -2.66. The largest absolute Gasteiger partial charge is 0.343 e. The summed E-state index contributed by atoms with van der Waals surface area (Å²) < 4.78 is 0. The Morgan fingerprint density at radius 2 is 1.77 bits per heavy atom. The summed E-state index contributed by atoms with van der Waals surface area (Å²) in [5.41, 5.74) is 3.63. The monoisotopic (exact) mass is 413 g/mol. The third-order valence-corrected chi connectivity index (χ3v) is 6.61. The van der Waals surface area contributed by atoms with Gasteiger partial charge in [-0.05, 0) is 49.4 Å². The molecular formula is C23H35N5O2. The molecule has 7 nitrogen and oxygen atoms in total. The van der Waals surface area contributed by atoms with Gasteiger partial charge in [0.25, 0.3) is 5.91 Å². The van der Waals surface area contributed by atoms with Crippen LogP contribution in [0.2, 0.25) is 0 Å². The van der Waals surface area contributed by atoms with Crippen LogP contribution >= 0.6 is 0 Å². The van der Waals surface area contributed by atoms with Gasteiger partial charge in [0.2, 0.25) is 0 Å². The zero-order valence-corrected chi connectivity index (χ0v) is 18.9. The fourth-order valence-electron chi connectivity index (χ4n) is 5.26. The third-order valence-electron chi connectivity index (χ3n) is 6.61. The van der Waals surface area contributed by atoms with E-state index in [1.54, 1.807) is 4.90 Å². The molecule has 3 saturated heterocycles. The van der Waals surface area contributed by atoms with Crippen molar-refractivity contribution in [3.05, 3.63) is 29.3 Å². The number of unbranched alkanes of at least 4 members (excludes halogenated alkanes) is 2. The number of likely N-dealkylation sites (N-methyl/N-ethyl adjacent to an activating group) is 1. The van der Waals surface area contributed by atoms with Crippen molar-refractivity contribution >= 4 is 17.6 Å². The molecule has 4 atom stereocenters. The number of anilines is 1. The van der Waals surface area contributed by atoms with E-state index in [1.807, 2.05) is 7.05 Å². The van der Waals surface area contributed by atoms with Gasteiger partial charge in [-0.15, -0.1) is 0 Å². The fraction of sp³-hybridized carbons (Fsp3) is 0.652. The number of carbonyl (C=O) groups excluding carboxylic acids is 2. The molecule has 30 heavy (non-hydrogen) atoms. The van der Waals surface area contributed by atoms with Gasteiger partial charge in [-0.3, -0.25) is 19.9 Å². The maximum absolute atomic E-state index is 13.4. The first-order chi connectivity index (χ1) is 14.3. The Morgan fingerprint density at radius 1 is 1.07 bits per heavy atom. The smallest absolute Gasteiger partial charge is 0.327 e. The van der Waals surface area contributed by atoms with Gasteiger partial charge in [0.05, 0.1) is 0 Å². The molecule has 1 N–H and O–H groups in total. The molecule has 1 aromatic carbocycles. The van der Waals surface area contributed by atoms with Crippen molar-refractivity contribution < 1.29 is 9.59 Å². The maximum Gasteiger partial charge on any atom is 0.327 e. The molecule has 4 unspecified atom stereocenters. The van der Waals surface area contributed by atoms with Gasteiger partial charge in [0.1, 0.15) is 18.5 Å². The van der Waals surface area contributed by atoms with Crippen molar-refractivity contribution in [1.82, 2.24) is 20.0 Å². The molecule has 4 rings (SSSR count). The van der Waals surface area contributed by atoms with Crippen molar-refractivity contribution in [2.75, 3.05) is 31.6 Å². The molecule has 3 aliphatic heterocycles. The number of carbonyl (C=O) groups is 2. The number of rotatable bonds is 5. The molecule has 164 valence electrons. The SMILES string of the molecule is CCCCCN1C(=O)C2C(NC3N(c4cc(C)cc(C)c4)CC(C)CN23)N(C)C1=O. The van der Waals surface area contributed by atoms with E-state index in [0.29, 0.717) is 12.5 Å². The standard InChI is InChI=1S/C23H35N5O2/c1-6-7-8-9-26-21(29)19-20(25(5)23(26)30)24-22-27(13-17(4)14-28(19)22)18-11-15(2)10-16(3)12-18/h10-12,17,19-20,22,24H,6-9,13-14H2,1-5H3. The second-order valence-electron chi connectivity index (χ2n) is 9.32. The van der Waals surface area contributed by atoms with Crippen LogP contribution in [-0.4, -0.2) is 71.8 Å². The number of fused-ring (bicyclic) bond motifs is 3. The van der Waals surface area contributed by atoms with Crippen LogP contribution in [0.1, 0.15) is 44.2 Å². The van der Waals surface area contributed by atoms with E-state index in [4.69, 9.17) is 0 Å². The molecule has 0 aliphatic carbocycles. The Morgan fingerprint density at radius 3 is 2.43 bits per heavy atom. The Bertz CT molecular complexity index is 808. The highest BCUT2D eigenvalue weighted by Gasteiger charge is 2.56. The van der Waals surface area contributed by atoms with Crippen LogP contribution in [0.3, 0.4) is 0 Å². The Balaban J connectivity index is 1.64. The summed E-state index contributed by atoms with van der Waals surface area (Å²) in [7, 11) is 1.81. The van der Waals surface area contributed by atoms with Gasteiger partial charge in [-0.1, -0.05) is 32.8 Å². The minimum Gasteiger partial charge on any atom is -0.343 e. The van der Waals surface area contributed by atoms with Crippen molar-refractivity contribution in [2.45, 2.75) is 65.5 Å². The molecule has 3 heterocycles. The Hall–Kier alpha value is -2.12. The molecule has 0 saturated carbocycles. The molecule has 3 fully saturated rings. The number of hydrogen-bond acceptors (Lipinski definition) is 5. The maximum atomic E-state index is 13.4. The van der Waals surface area contributed by atoms with Crippen LogP contribution in [0.15, 0.2) is 18.2 Å². The minimum absolute atomic E-state index is 0.0522. The number of nitrogens with zero attached hydrogens (tertiary/aromatic N) is 4. The number of benzene rings is 1. The highest BCUT2D eigenvalue weighted by atomic mass is 16.2. The summed E-state index contributed by atoms with van der Waals surface area (Å²) >= 11 is 0. The lowest BCUT2D eigenvalue weighted by Gasteiger charge is -2.46. The summed E-state index contributed by atoms with van der Waals surface area (Å²) in [4.78, 5) is 34.2. The van der Waals surface area contributed by atoms with Gasteiger partial charge >= 0.3 is 6.03 Å². The van der Waals surface area contributed by atoms with Gasteiger partial charge < -0.3 is 9.80 Å². The lowest BCUT2D eigenvalue weighted by molar-refractivity contribution is -0.138. The van der Waals surface area contributed by atoms with Crippen LogP contribution in [0.4, 0.5) is 10.5 Å². The van der Waals surface area contributed by atoms with Crippen LogP contribution in [0.5, 0.6) is 0 Å². The van der Waals surface area contributed by atoms with Crippen LogP contribution in [0, 0.1) is 19.8 Å². The first kappa shape index (κ1) is 21.1. The second kappa shape index (κ2) is 8.19. The van der Waals surface area contributed by atoms with E-state index in [-0.39, 0.29) is 30.4 Å². The Kier molecular flexibility index (Phi) is 5.77. The first-order valence-electron chi connectivity index (χ1n) is 11.3. The highest BCUT2D eigenvalue weighted by Crippen LogP contribution is 2.35. The van der Waals surface area contributed by atoms with Gasteiger partial charge in [-0.25, -0.2) is 4.79 Å². The van der Waals surface area contributed by atoms with E-state index < -0.39 is 0 Å². The van der Waals surface area contributed by atoms with Crippen molar-refractivity contribution in [2.24, 2.45) is 5.92 Å². The van der Waals surface area contributed by atoms with E-state index >= 15 is 0 Å².